The molecule has 19 heavy (non-hydrogen) atoms. The average molecular weight is 326 g/mol. The second-order valence-electron chi connectivity index (χ2n) is 4.01. The summed E-state index contributed by atoms with van der Waals surface area (Å²) in [4.78, 5) is 4.58. The Bertz CT molecular complexity index is 707. The van der Waals surface area contributed by atoms with Crippen LogP contribution in [0.25, 0.3) is 10.2 Å². The van der Waals surface area contributed by atoms with E-state index in [-0.39, 0.29) is 0 Å². The number of benzene rings is 2. The van der Waals surface area contributed by atoms with Crippen molar-refractivity contribution < 1.29 is 0 Å². The van der Waals surface area contributed by atoms with Gasteiger partial charge in [-0.1, -0.05) is 47.1 Å². The first-order valence-electron chi connectivity index (χ1n) is 5.64. The van der Waals surface area contributed by atoms with E-state index in [1.165, 1.54) is 10.3 Å². The van der Waals surface area contributed by atoms with Crippen LogP contribution in [0.1, 0.15) is 5.56 Å². The fourth-order valence-electron chi connectivity index (χ4n) is 1.67. The number of rotatable bonds is 3. The molecule has 0 aliphatic rings. The van der Waals surface area contributed by atoms with Crippen LogP contribution in [-0.4, -0.2) is 4.98 Å². The monoisotopic (exact) mass is 325 g/mol. The quantitative estimate of drug-likeness (QED) is 0.556. The van der Waals surface area contributed by atoms with Crippen LogP contribution in [0.15, 0.2) is 46.8 Å². The third-order valence-electron chi connectivity index (χ3n) is 2.61. The molecule has 0 radical (unpaired) electrons. The van der Waals surface area contributed by atoms with E-state index in [9.17, 15) is 0 Å². The molecule has 0 saturated carbocycles. The lowest BCUT2D eigenvalue weighted by Gasteiger charge is -1.98. The van der Waals surface area contributed by atoms with Crippen molar-refractivity contribution in [3.8, 4) is 0 Å². The highest BCUT2D eigenvalue weighted by Gasteiger charge is 2.05. The number of hydrogen-bond acceptors (Lipinski definition) is 3. The van der Waals surface area contributed by atoms with E-state index in [1.54, 1.807) is 23.1 Å². The van der Waals surface area contributed by atoms with Crippen molar-refractivity contribution in [2.24, 2.45) is 0 Å². The molecular formula is C14H9Cl2NS2. The summed E-state index contributed by atoms with van der Waals surface area (Å²) < 4.78 is 2.23. The predicted octanol–water partition coefficient (Wildman–Crippen LogP) is 5.90. The summed E-state index contributed by atoms with van der Waals surface area (Å²) in [6.07, 6.45) is 0. The van der Waals surface area contributed by atoms with Gasteiger partial charge in [-0.05, 0) is 35.9 Å². The standard InChI is InChI=1S/C14H9Cl2NS2/c15-10-3-1-9(2-4-10)8-18-14-17-12-7-11(16)5-6-13(12)19-14/h1-7H,8H2. The molecule has 1 nitrogen and oxygen atoms in total. The van der Waals surface area contributed by atoms with Gasteiger partial charge in [-0.15, -0.1) is 11.3 Å². The normalized spacial score (nSPS) is 11.1. The highest BCUT2D eigenvalue weighted by molar-refractivity contribution is 8.00. The van der Waals surface area contributed by atoms with E-state index in [0.717, 1.165) is 25.7 Å². The Labute approximate surface area is 129 Å². The van der Waals surface area contributed by atoms with Crippen molar-refractivity contribution >= 4 is 56.5 Å². The Kier molecular flexibility index (Phi) is 3.99. The van der Waals surface area contributed by atoms with E-state index in [2.05, 4.69) is 4.98 Å². The summed E-state index contributed by atoms with van der Waals surface area (Å²) in [5.41, 5.74) is 2.21. The zero-order valence-electron chi connectivity index (χ0n) is 9.77. The Balaban J connectivity index is 1.76. The zero-order valence-corrected chi connectivity index (χ0v) is 12.9. The van der Waals surface area contributed by atoms with Gasteiger partial charge in [0.25, 0.3) is 0 Å². The first kappa shape index (κ1) is 13.3. The summed E-state index contributed by atoms with van der Waals surface area (Å²) in [6, 6.07) is 13.7. The fourth-order valence-corrected chi connectivity index (χ4v) is 3.96. The third-order valence-corrected chi connectivity index (χ3v) is 5.34. The van der Waals surface area contributed by atoms with E-state index in [4.69, 9.17) is 23.2 Å². The SMILES string of the molecule is Clc1ccc(CSc2nc3cc(Cl)ccc3s2)cc1. The Morgan fingerprint density at radius 2 is 1.74 bits per heavy atom. The lowest BCUT2D eigenvalue weighted by Crippen LogP contribution is -1.79. The highest BCUT2D eigenvalue weighted by Crippen LogP contribution is 2.32. The van der Waals surface area contributed by atoms with E-state index >= 15 is 0 Å². The minimum Gasteiger partial charge on any atom is -0.230 e. The molecule has 0 spiro atoms. The maximum atomic E-state index is 5.96. The third kappa shape index (κ3) is 3.23. The number of halogens is 2. The van der Waals surface area contributed by atoms with Gasteiger partial charge in [0.05, 0.1) is 10.2 Å². The largest absolute Gasteiger partial charge is 0.230 e. The van der Waals surface area contributed by atoms with E-state index in [0.29, 0.717) is 0 Å². The van der Waals surface area contributed by atoms with Crippen LogP contribution in [-0.2, 0) is 5.75 Å². The van der Waals surface area contributed by atoms with Gasteiger partial charge in [-0.3, -0.25) is 0 Å². The summed E-state index contributed by atoms with van der Waals surface area (Å²) in [5, 5.41) is 1.50. The van der Waals surface area contributed by atoms with Gasteiger partial charge in [0.15, 0.2) is 4.34 Å². The maximum absolute atomic E-state index is 5.96. The molecule has 96 valence electrons. The minimum absolute atomic E-state index is 0.729. The smallest absolute Gasteiger partial charge is 0.151 e. The second kappa shape index (κ2) is 5.71. The molecule has 0 aliphatic heterocycles. The fraction of sp³-hybridized carbons (Fsp3) is 0.0714. The van der Waals surface area contributed by atoms with Crippen LogP contribution in [0, 0.1) is 0 Å². The van der Waals surface area contributed by atoms with Crippen LogP contribution in [0.3, 0.4) is 0 Å². The van der Waals surface area contributed by atoms with Crippen LogP contribution in [0.5, 0.6) is 0 Å². The number of aromatic nitrogens is 1. The van der Waals surface area contributed by atoms with Crippen LogP contribution in [0.2, 0.25) is 10.0 Å². The second-order valence-corrected chi connectivity index (χ2v) is 7.13. The highest BCUT2D eigenvalue weighted by atomic mass is 35.5. The molecule has 0 fully saturated rings. The lowest BCUT2D eigenvalue weighted by molar-refractivity contribution is 1.29. The molecule has 0 unspecified atom stereocenters. The van der Waals surface area contributed by atoms with Crippen molar-refractivity contribution in [2.45, 2.75) is 10.1 Å². The molecule has 1 aromatic heterocycles. The van der Waals surface area contributed by atoms with E-state index < -0.39 is 0 Å². The predicted molar refractivity (Wildman–Crippen MR) is 85.6 cm³/mol. The minimum atomic E-state index is 0.729. The molecule has 0 atom stereocenters. The molecule has 1 heterocycles. The number of nitrogens with zero attached hydrogens (tertiary/aromatic N) is 1. The molecule has 3 aromatic rings. The van der Waals surface area contributed by atoms with Crippen LogP contribution >= 0.6 is 46.3 Å². The van der Waals surface area contributed by atoms with Gasteiger partial charge in [0.2, 0.25) is 0 Å². The molecule has 3 rings (SSSR count). The van der Waals surface area contributed by atoms with Gasteiger partial charge in [0, 0.05) is 15.8 Å². The zero-order chi connectivity index (χ0) is 13.2. The molecule has 5 heteroatoms. The number of fused-ring (bicyclic) bond motifs is 1. The summed E-state index contributed by atoms with van der Waals surface area (Å²) in [6.45, 7) is 0. The summed E-state index contributed by atoms with van der Waals surface area (Å²) in [7, 11) is 0. The number of thiazole rings is 1. The van der Waals surface area contributed by atoms with Crippen molar-refractivity contribution in [3.63, 3.8) is 0 Å². The number of thioether (sulfide) groups is 1. The summed E-state index contributed by atoms with van der Waals surface area (Å²) >= 11 is 15.3. The Morgan fingerprint density at radius 3 is 2.53 bits per heavy atom. The summed E-state index contributed by atoms with van der Waals surface area (Å²) in [5.74, 6) is 0.894. The first-order chi connectivity index (χ1) is 9.20. The molecule has 0 amide bonds. The molecule has 0 aliphatic carbocycles. The molecule has 2 aromatic carbocycles. The molecule has 0 saturated heterocycles. The molecule has 0 bridgehead atoms. The lowest BCUT2D eigenvalue weighted by atomic mass is 10.2. The maximum Gasteiger partial charge on any atom is 0.151 e. The van der Waals surface area contributed by atoms with Gasteiger partial charge in [-0.2, -0.15) is 0 Å². The molecular weight excluding hydrogens is 317 g/mol. The van der Waals surface area contributed by atoms with E-state index in [1.807, 2.05) is 42.5 Å². The van der Waals surface area contributed by atoms with Gasteiger partial charge in [-0.25, -0.2) is 4.98 Å². The topological polar surface area (TPSA) is 12.9 Å². The Morgan fingerprint density at radius 1 is 1.00 bits per heavy atom. The Hall–Kier alpha value is -0.740. The van der Waals surface area contributed by atoms with Crippen molar-refractivity contribution in [1.29, 1.82) is 0 Å². The van der Waals surface area contributed by atoms with Crippen molar-refractivity contribution in [1.82, 2.24) is 4.98 Å². The first-order valence-corrected chi connectivity index (χ1v) is 8.20. The van der Waals surface area contributed by atoms with Gasteiger partial charge >= 0.3 is 0 Å². The van der Waals surface area contributed by atoms with Crippen LogP contribution < -0.4 is 0 Å². The van der Waals surface area contributed by atoms with Crippen molar-refractivity contribution in [2.75, 3.05) is 0 Å². The van der Waals surface area contributed by atoms with Crippen LogP contribution in [0.4, 0.5) is 0 Å². The van der Waals surface area contributed by atoms with Gasteiger partial charge in [0.1, 0.15) is 0 Å². The average Bonchev–Trinajstić information content (AvgIpc) is 2.80. The van der Waals surface area contributed by atoms with Gasteiger partial charge < -0.3 is 0 Å². The number of hydrogen-bond donors (Lipinski definition) is 0. The van der Waals surface area contributed by atoms with Crippen molar-refractivity contribution in [3.05, 3.63) is 58.1 Å². The molecule has 0 N–H and O–H groups in total.